The van der Waals surface area contributed by atoms with Crippen molar-refractivity contribution in [1.82, 2.24) is 4.57 Å². The molecule has 0 fully saturated rings. The number of halogens is 1. The van der Waals surface area contributed by atoms with Crippen molar-refractivity contribution in [2.75, 3.05) is 5.75 Å². The summed E-state index contributed by atoms with van der Waals surface area (Å²) in [5.41, 5.74) is 3.19. The first-order valence-corrected chi connectivity index (χ1v) is 9.82. The van der Waals surface area contributed by atoms with Crippen LogP contribution in [0.2, 0.25) is 0 Å². The lowest BCUT2D eigenvalue weighted by Crippen LogP contribution is -2.07. The smallest absolute Gasteiger partial charge is 0.323 e. The molecule has 0 spiro atoms. The molecule has 0 bridgehead atoms. The lowest BCUT2D eigenvalue weighted by molar-refractivity contribution is -0.137. The summed E-state index contributed by atoms with van der Waals surface area (Å²) in [5.74, 6) is -1.22. The third-order valence-corrected chi connectivity index (χ3v) is 6.54. The van der Waals surface area contributed by atoms with Gasteiger partial charge in [-0.25, -0.2) is 12.8 Å². The van der Waals surface area contributed by atoms with E-state index in [0.29, 0.717) is 28.6 Å². The quantitative estimate of drug-likeness (QED) is 0.763. The molecule has 0 aliphatic carbocycles. The maximum Gasteiger partial charge on any atom is 0.323 e. The first-order valence-electron chi connectivity index (χ1n) is 8.17. The van der Waals surface area contributed by atoms with Gasteiger partial charge in [-0.1, -0.05) is 12.1 Å². The van der Waals surface area contributed by atoms with E-state index >= 15 is 0 Å². The van der Waals surface area contributed by atoms with Crippen molar-refractivity contribution in [1.29, 1.82) is 0 Å². The van der Waals surface area contributed by atoms with Crippen LogP contribution >= 0.6 is 0 Å². The highest BCUT2D eigenvalue weighted by Crippen LogP contribution is 2.29. The maximum absolute atomic E-state index is 13.7. The molecule has 0 unspecified atom stereocenters. The number of sulfone groups is 1. The molecule has 1 aliphatic heterocycles. The molecule has 0 radical (unpaired) electrons. The van der Waals surface area contributed by atoms with Gasteiger partial charge < -0.3 is 9.67 Å². The number of hydrogen-bond acceptors (Lipinski definition) is 3. The third-order valence-electron chi connectivity index (χ3n) is 4.73. The molecule has 1 N–H and O–H groups in total. The van der Waals surface area contributed by atoms with Crippen LogP contribution in [-0.4, -0.2) is 29.8 Å². The minimum Gasteiger partial charge on any atom is -0.480 e. The predicted octanol–water partition coefficient (Wildman–Crippen LogP) is 2.79. The van der Waals surface area contributed by atoms with Gasteiger partial charge in [0.15, 0.2) is 9.84 Å². The Hall–Kier alpha value is -2.67. The van der Waals surface area contributed by atoms with Gasteiger partial charge in [0.05, 0.1) is 10.6 Å². The zero-order valence-electron chi connectivity index (χ0n) is 13.8. The Kier molecular flexibility index (Phi) is 3.84. The Balaban J connectivity index is 1.76. The van der Waals surface area contributed by atoms with Crippen LogP contribution in [0.15, 0.2) is 47.5 Å². The lowest BCUT2D eigenvalue weighted by atomic mass is 10.0. The average molecular weight is 373 g/mol. The molecular weight excluding hydrogens is 357 g/mol. The van der Waals surface area contributed by atoms with E-state index in [0.717, 1.165) is 16.7 Å². The van der Waals surface area contributed by atoms with Crippen LogP contribution < -0.4 is 0 Å². The van der Waals surface area contributed by atoms with Gasteiger partial charge in [0.2, 0.25) is 0 Å². The molecule has 2 heterocycles. The second-order valence-corrected chi connectivity index (χ2v) is 8.60. The fourth-order valence-electron chi connectivity index (χ4n) is 3.58. The van der Waals surface area contributed by atoms with Crippen LogP contribution in [0.25, 0.3) is 10.9 Å². The SMILES string of the molecule is O=C(O)Cn1cc(Cc2ccc3c(c2)CCS3(=O)=O)c2cc(F)ccc21. The molecule has 26 heavy (non-hydrogen) atoms. The molecule has 3 aromatic rings. The molecule has 5 nitrogen and oxygen atoms in total. The fraction of sp³-hybridized carbons (Fsp3) is 0.211. The maximum atomic E-state index is 13.7. The number of aryl methyl sites for hydroxylation is 1. The van der Waals surface area contributed by atoms with E-state index in [4.69, 9.17) is 5.11 Å². The first kappa shape index (κ1) is 16.8. The number of hydrogen-bond donors (Lipinski definition) is 1. The van der Waals surface area contributed by atoms with Crippen molar-refractivity contribution in [2.45, 2.75) is 24.3 Å². The van der Waals surface area contributed by atoms with Crippen molar-refractivity contribution in [3.8, 4) is 0 Å². The highest BCUT2D eigenvalue weighted by Gasteiger charge is 2.26. The number of aromatic nitrogens is 1. The van der Waals surface area contributed by atoms with E-state index in [1.165, 1.54) is 12.1 Å². The number of carboxylic acids is 1. The molecule has 1 aliphatic rings. The Bertz CT molecular complexity index is 1150. The molecule has 2 aromatic carbocycles. The Morgan fingerprint density at radius 1 is 1.19 bits per heavy atom. The lowest BCUT2D eigenvalue weighted by Gasteiger charge is -2.04. The summed E-state index contributed by atoms with van der Waals surface area (Å²) < 4.78 is 39.2. The molecule has 0 saturated heterocycles. The van der Waals surface area contributed by atoms with E-state index in [-0.39, 0.29) is 18.1 Å². The molecule has 0 atom stereocenters. The Morgan fingerprint density at radius 3 is 2.77 bits per heavy atom. The number of rotatable bonds is 4. The van der Waals surface area contributed by atoms with Gasteiger partial charge in [-0.2, -0.15) is 0 Å². The normalized spacial score (nSPS) is 15.3. The van der Waals surface area contributed by atoms with Crippen LogP contribution in [0, 0.1) is 5.82 Å². The van der Waals surface area contributed by atoms with Crippen molar-refractivity contribution in [3.63, 3.8) is 0 Å². The van der Waals surface area contributed by atoms with E-state index < -0.39 is 15.8 Å². The van der Waals surface area contributed by atoms with Crippen LogP contribution in [0.4, 0.5) is 4.39 Å². The highest BCUT2D eigenvalue weighted by atomic mass is 32.2. The van der Waals surface area contributed by atoms with Crippen molar-refractivity contribution >= 4 is 26.7 Å². The molecule has 4 rings (SSSR count). The summed E-state index contributed by atoms with van der Waals surface area (Å²) in [4.78, 5) is 11.5. The number of benzene rings is 2. The van der Waals surface area contributed by atoms with Gasteiger partial charge in [0.1, 0.15) is 12.4 Å². The topological polar surface area (TPSA) is 76.4 Å². The average Bonchev–Trinajstić information content (AvgIpc) is 3.04. The van der Waals surface area contributed by atoms with E-state index in [2.05, 4.69) is 0 Å². The van der Waals surface area contributed by atoms with Gasteiger partial charge in [-0.05, 0) is 53.8 Å². The number of carboxylic acid groups (broad SMARTS) is 1. The molecule has 134 valence electrons. The van der Waals surface area contributed by atoms with Crippen LogP contribution in [0.1, 0.15) is 16.7 Å². The molecule has 0 saturated carbocycles. The van der Waals surface area contributed by atoms with E-state index in [1.807, 2.05) is 6.07 Å². The minimum absolute atomic E-state index is 0.134. The largest absolute Gasteiger partial charge is 0.480 e. The zero-order valence-corrected chi connectivity index (χ0v) is 14.6. The second kappa shape index (κ2) is 5.95. The third kappa shape index (κ3) is 2.88. The summed E-state index contributed by atoms with van der Waals surface area (Å²) in [6.45, 7) is -0.204. The van der Waals surface area contributed by atoms with Crippen molar-refractivity contribution in [3.05, 3.63) is 65.1 Å². The van der Waals surface area contributed by atoms with Gasteiger partial charge in [-0.15, -0.1) is 0 Å². The Morgan fingerprint density at radius 2 is 2.00 bits per heavy atom. The van der Waals surface area contributed by atoms with Crippen LogP contribution in [0.5, 0.6) is 0 Å². The molecule has 7 heteroatoms. The monoisotopic (exact) mass is 373 g/mol. The minimum atomic E-state index is -3.16. The number of carbonyl (C=O) groups is 1. The van der Waals surface area contributed by atoms with Crippen molar-refractivity contribution < 1.29 is 22.7 Å². The summed E-state index contributed by atoms with van der Waals surface area (Å²) in [6.07, 6.45) is 2.70. The van der Waals surface area contributed by atoms with E-state index in [1.54, 1.807) is 29.0 Å². The van der Waals surface area contributed by atoms with Gasteiger partial charge in [0.25, 0.3) is 0 Å². The number of fused-ring (bicyclic) bond motifs is 2. The highest BCUT2D eigenvalue weighted by molar-refractivity contribution is 7.91. The standard InChI is InChI=1S/C19H16FNO4S/c20-15-2-3-17-16(9-15)14(10-21(17)11-19(22)23)8-12-1-4-18-13(7-12)5-6-26(18,24)25/h1-4,7,9-10H,5-6,8,11H2,(H,22,23). The summed E-state index contributed by atoms with van der Waals surface area (Å²) in [7, 11) is -3.16. The van der Waals surface area contributed by atoms with E-state index in [9.17, 15) is 17.6 Å². The van der Waals surface area contributed by atoms with Gasteiger partial charge in [-0.3, -0.25) is 4.79 Å². The van der Waals surface area contributed by atoms with Crippen LogP contribution in [0.3, 0.4) is 0 Å². The van der Waals surface area contributed by atoms with Crippen LogP contribution in [-0.2, 0) is 34.0 Å². The van der Waals surface area contributed by atoms with Gasteiger partial charge >= 0.3 is 5.97 Å². The molecular formula is C19H16FNO4S. The first-order chi connectivity index (χ1) is 12.3. The summed E-state index contributed by atoms with van der Waals surface area (Å²) in [6, 6.07) is 9.56. The molecule has 1 aromatic heterocycles. The zero-order chi connectivity index (χ0) is 18.5. The predicted molar refractivity (Wildman–Crippen MR) is 94.5 cm³/mol. The fourth-order valence-corrected chi connectivity index (χ4v) is 5.12. The number of nitrogens with zero attached hydrogens (tertiary/aromatic N) is 1. The summed E-state index contributed by atoms with van der Waals surface area (Å²) in [5, 5.41) is 9.75. The van der Waals surface area contributed by atoms with Gasteiger partial charge in [0, 0.05) is 17.1 Å². The summed E-state index contributed by atoms with van der Waals surface area (Å²) >= 11 is 0. The molecule has 0 amide bonds. The second-order valence-electron chi connectivity index (χ2n) is 6.53. The van der Waals surface area contributed by atoms with Crippen molar-refractivity contribution in [2.24, 2.45) is 0 Å². The number of aliphatic carboxylic acids is 1. The Labute approximate surface area is 149 Å².